The van der Waals surface area contributed by atoms with E-state index in [1.807, 2.05) is 0 Å². The molecular formula is C24H16F3NO5S. The van der Waals surface area contributed by atoms with Gasteiger partial charge in [-0.2, -0.15) is 13.2 Å². The van der Waals surface area contributed by atoms with Crippen molar-refractivity contribution in [3.05, 3.63) is 98.9 Å². The van der Waals surface area contributed by atoms with E-state index < -0.39 is 41.2 Å². The SMILES string of the molecule is O=C(O)Cc1ccc(N2C(=O)C(O)=C(C(=O)c3cccs3)C2c2cccc(C(F)(F)F)c2)cc1. The average molecular weight is 487 g/mol. The maximum absolute atomic E-state index is 13.4. The van der Waals surface area contributed by atoms with E-state index in [1.54, 1.807) is 11.4 Å². The Labute approximate surface area is 195 Å². The van der Waals surface area contributed by atoms with Crippen LogP contribution < -0.4 is 4.90 Å². The van der Waals surface area contributed by atoms with Crippen molar-refractivity contribution in [3.8, 4) is 0 Å². The largest absolute Gasteiger partial charge is 0.503 e. The van der Waals surface area contributed by atoms with Crippen molar-refractivity contribution in [1.29, 1.82) is 0 Å². The van der Waals surface area contributed by atoms with Crippen LogP contribution >= 0.6 is 11.3 Å². The maximum atomic E-state index is 13.4. The number of carbonyl (C=O) groups is 3. The van der Waals surface area contributed by atoms with Crippen LogP contribution in [0.25, 0.3) is 0 Å². The summed E-state index contributed by atoms with van der Waals surface area (Å²) in [7, 11) is 0. The molecule has 2 heterocycles. The predicted molar refractivity (Wildman–Crippen MR) is 118 cm³/mol. The highest BCUT2D eigenvalue weighted by atomic mass is 32.1. The van der Waals surface area contributed by atoms with Gasteiger partial charge in [-0.1, -0.05) is 30.3 Å². The first-order valence-corrected chi connectivity index (χ1v) is 10.8. The molecule has 1 unspecified atom stereocenters. The number of Topliss-reactive ketones (excluding diaryl/α,β-unsaturated/α-hetero) is 1. The third-order valence-electron chi connectivity index (χ3n) is 5.30. The second-order valence-electron chi connectivity index (χ2n) is 7.51. The number of rotatable bonds is 6. The summed E-state index contributed by atoms with van der Waals surface area (Å²) in [6.07, 6.45) is -4.93. The molecule has 34 heavy (non-hydrogen) atoms. The molecule has 0 radical (unpaired) electrons. The zero-order chi connectivity index (χ0) is 24.6. The van der Waals surface area contributed by atoms with Crippen LogP contribution in [-0.4, -0.2) is 27.9 Å². The van der Waals surface area contributed by atoms with Gasteiger partial charge in [0.25, 0.3) is 5.91 Å². The number of carboxylic acids is 1. The second kappa shape index (κ2) is 8.79. The molecule has 6 nitrogen and oxygen atoms in total. The summed E-state index contributed by atoms with van der Waals surface area (Å²) in [6.45, 7) is 0. The molecule has 1 amide bonds. The number of hydrogen-bond donors (Lipinski definition) is 2. The lowest BCUT2D eigenvalue weighted by Crippen LogP contribution is -2.31. The molecule has 0 saturated heterocycles. The lowest BCUT2D eigenvalue weighted by Gasteiger charge is -2.27. The summed E-state index contributed by atoms with van der Waals surface area (Å²) in [4.78, 5) is 38.5. The molecule has 2 aromatic carbocycles. The van der Waals surface area contributed by atoms with Gasteiger partial charge in [-0.25, -0.2) is 0 Å². The highest BCUT2D eigenvalue weighted by molar-refractivity contribution is 7.12. The van der Waals surface area contributed by atoms with Gasteiger partial charge in [-0.05, 0) is 46.8 Å². The fraction of sp³-hybridized carbons (Fsp3) is 0.125. The molecule has 0 bridgehead atoms. The maximum Gasteiger partial charge on any atom is 0.416 e. The standard InChI is InChI=1S/C24H16F3NO5S/c25-24(26,27)15-4-1-3-14(12-15)20-19(21(31)17-5-2-10-34-17)22(32)23(33)28(20)16-8-6-13(7-9-16)11-18(29)30/h1-10,12,20,32H,11H2,(H,29,30). The van der Waals surface area contributed by atoms with Gasteiger partial charge in [0.1, 0.15) is 0 Å². The Hall–Kier alpha value is -3.92. The van der Waals surface area contributed by atoms with Crippen molar-refractivity contribution in [2.45, 2.75) is 18.6 Å². The van der Waals surface area contributed by atoms with Crippen LogP contribution in [-0.2, 0) is 22.2 Å². The van der Waals surface area contributed by atoms with Crippen LogP contribution in [0.1, 0.15) is 32.4 Å². The Balaban J connectivity index is 1.85. The molecule has 1 aliphatic heterocycles. The predicted octanol–water partition coefficient (Wildman–Crippen LogP) is 5.18. The minimum atomic E-state index is -4.66. The van der Waals surface area contributed by atoms with Gasteiger partial charge in [0.05, 0.1) is 28.5 Å². The van der Waals surface area contributed by atoms with Crippen molar-refractivity contribution >= 4 is 34.7 Å². The van der Waals surface area contributed by atoms with E-state index in [9.17, 15) is 32.7 Å². The number of hydrogen-bond acceptors (Lipinski definition) is 5. The van der Waals surface area contributed by atoms with Crippen LogP contribution in [0.5, 0.6) is 0 Å². The number of carbonyl (C=O) groups excluding carboxylic acids is 2. The summed E-state index contributed by atoms with van der Waals surface area (Å²) in [6, 6.07) is 11.7. The molecule has 10 heteroatoms. The number of aliphatic hydroxyl groups excluding tert-OH is 1. The minimum Gasteiger partial charge on any atom is -0.503 e. The zero-order valence-corrected chi connectivity index (χ0v) is 18.1. The minimum absolute atomic E-state index is 0.0123. The second-order valence-corrected chi connectivity index (χ2v) is 8.45. The molecule has 1 atom stereocenters. The Morgan fingerprint density at radius 3 is 2.32 bits per heavy atom. The molecule has 1 aromatic heterocycles. The first-order chi connectivity index (χ1) is 16.1. The van der Waals surface area contributed by atoms with Crippen molar-refractivity contribution in [2.24, 2.45) is 0 Å². The van der Waals surface area contributed by atoms with Gasteiger partial charge < -0.3 is 10.2 Å². The lowest BCUT2D eigenvalue weighted by atomic mass is 9.94. The van der Waals surface area contributed by atoms with Gasteiger partial charge in [0, 0.05) is 5.69 Å². The van der Waals surface area contributed by atoms with Gasteiger partial charge in [-0.3, -0.25) is 19.3 Å². The third-order valence-corrected chi connectivity index (χ3v) is 6.17. The summed E-state index contributed by atoms with van der Waals surface area (Å²) < 4.78 is 40.2. The van der Waals surface area contributed by atoms with E-state index >= 15 is 0 Å². The highest BCUT2D eigenvalue weighted by Gasteiger charge is 2.45. The van der Waals surface area contributed by atoms with Crippen molar-refractivity contribution in [3.63, 3.8) is 0 Å². The normalized spacial score (nSPS) is 16.3. The number of thiophene rings is 1. The number of halogens is 3. The number of nitrogens with zero attached hydrogens (tertiary/aromatic N) is 1. The number of ketones is 1. The molecule has 174 valence electrons. The van der Waals surface area contributed by atoms with Gasteiger partial charge in [0.15, 0.2) is 5.76 Å². The fourth-order valence-corrected chi connectivity index (χ4v) is 4.47. The summed E-state index contributed by atoms with van der Waals surface area (Å²) in [5, 5.41) is 21.3. The quantitative estimate of drug-likeness (QED) is 0.468. The van der Waals surface area contributed by atoms with E-state index in [4.69, 9.17) is 5.11 Å². The summed E-state index contributed by atoms with van der Waals surface area (Å²) >= 11 is 1.07. The molecule has 0 saturated carbocycles. The Morgan fingerprint density at radius 2 is 1.74 bits per heavy atom. The van der Waals surface area contributed by atoms with Crippen LogP contribution in [0, 0.1) is 0 Å². The van der Waals surface area contributed by atoms with Crippen molar-refractivity contribution < 1.29 is 37.8 Å². The Kier molecular flexibility index (Phi) is 6.01. The van der Waals surface area contributed by atoms with Crippen LogP contribution in [0.4, 0.5) is 18.9 Å². The zero-order valence-electron chi connectivity index (χ0n) is 17.2. The lowest BCUT2D eigenvalue weighted by molar-refractivity contribution is -0.138. The first-order valence-electron chi connectivity index (χ1n) is 9.90. The van der Waals surface area contributed by atoms with Gasteiger partial charge >= 0.3 is 12.1 Å². The average Bonchev–Trinajstić information content (AvgIpc) is 3.41. The number of anilines is 1. The van der Waals surface area contributed by atoms with E-state index in [-0.39, 0.29) is 28.1 Å². The van der Waals surface area contributed by atoms with Crippen LogP contribution in [0.3, 0.4) is 0 Å². The number of aliphatic hydroxyl groups is 1. The number of benzene rings is 2. The number of alkyl halides is 3. The van der Waals surface area contributed by atoms with Gasteiger partial charge in [0.2, 0.25) is 5.78 Å². The van der Waals surface area contributed by atoms with Crippen LogP contribution in [0.15, 0.2) is 77.4 Å². The molecule has 3 aromatic rings. The summed E-state index contributed by atoms with van der Waals surface area (Å²) in [5.74, 6) is -3.54. The molecule has 0 fully saturated rings. The molecule has 0 aliphatic carbocycles. The van der Waals surface area contributed by atoms with Crippen molar-refractivity contribution in [2.75, 3.05) is 4.90 Å². The van der Waals surface area contributed by atoms with E-state index in [0.29, 0.717) is 5.56 Å². The molecular weight excluding hydrogens is 471 g/mol. The molecule has 4 rings (SSSR count). The topological polar surface area (TPSA) is 94.9 Å². The van der Waals surface area contributed by atoms with Gasteiger partial charge in [-0.15, -0.1) is 11.3 Å². The molecule has 2 N–H and O–H groups in total. The number of aliphatic carboxylic acids is 1. The van der Waals surface area contributed by atoms with E-state index in [2.05, 4.69) is 0 Å². The number of carboxylic acid groups (broad SMARTS) is 1. The Bertz CT molecular complexity index is 1300. The van der Waals surface area contributed by atoms with Crippen LogP contribution in [0.2, 0.25) is 0 Å². The fourth-order valence-electron chi connectivity index (χ4n) is 3.79. The highest BCUT2D eigenvalue weighted by Crippen LogP contribution is 2.43. The van der Waals surface area contributed by atoms with E-state index in [0.717, 1.165) is 28.4 Å². The third kappa shape index (κ3) is 4.32. The number of amides is 1. The Morgan fingerprint density at radius 1 is 1.03 bits per heavy atom. The molecule has 0 spiro atoms. The smallest absolute Gasteiger partial charge is 0.416 e. The van der Waals surface area contributed by atoms with E-state index in [1.165, 1.54) is 42.5 Å². The molecule has 1 aliphatic rings. The van der Waals surface area contributed by atoms with Crippen molar-refractivity contribution in [1.82, 2.24) is 0 Å². The first kappa shape index (κ1) is 23.2. The monoisotopic (exact) mass is 487 g/mol. The summed E-state index contributed by atoms with van der Waals surface area (Å²) in [5.41, 5.74) is -0.695.